The fourth-order valence-corrected chi connectivity index (χ4v) is 0.555. The van der Waals surface area contributed by atoms with Crippen LogP contribution in [0.15, 0.2) is 18.4 Å². The quantitative estimate of drug-likeness (QED) is 0.414. The number of allylic oxidation sites excluding steroid dienone is 1. The van der Waals surface area contributed by atoms with Crippen molar-refractivity contribution in [2.75, 3.05) is 0 Å². The van der Waals surface area contributed by atoms with Crippen molar-refractivity contribution in [1.82, 2.24) is 0 Å². The lowest BCUT2D eigenvalue weighted by Gasteiger charge is -1.87. The molecule has 50 valence electrons. The summed E-state index contributed by atoms with van der Waals surface area (Å²) >= 11 is 0. The highest BCUT2D eigenvalue weighted by atomic mass is 16.1. The molecule has 0 rings (SSSR count). The molecule has 0 fully saturated rings. The van der Waals surface area contributed by atoms with E-state index >= 15 is 0 Å². The van der Waals surface area contributed by atoms with Gasteiger partial charge in [-0.1, -0.05) is 6.58 Å². The standard InChI is InChI=1S/C8H12O/c1-3-4-5-6-7-8(2)9/h4H,1,5-7H2,2H3. The second-order valence-corrected chi connectivity index (χ2v) is 2.00. The van der Waals surface area contributed by atoms with Gasteiger partial charge in [0, 0.05) is 6.42 Å². The molecule has 1 nitrogen and oxygen atoms in total. The van der Waals surface area contributed by atoms with Crippen LogP contribution in [-0.4, -0.2) is 5.78 Å². The van der Waals surface area contributed by atoms with E-state index in [2.05, 4.69) is 12.3 Å². The smallest absolute Gasteiger partial charge is 0.129 e. The monoisotopic (exact) mass is 124 g/mol. The van der Waals surface area contributed by atoms with Crippen molar-refractivity contribution >= 4 is 5.78 Å². The van der Waals surface area contributed by atoms with Gasteiger partial charge in [0.15, 0.2) is 0 Å². The molecule has 0 amide bonds. The number of unbranched alkanes of at least 4 members (excludes halogenated alkanes) is 1. The van der Waals surface area contributed by atoms with Crippen molar-refractivity contribution in [3.63, 3.8) is 0 Å². The molecule has 0 aliphatic carbocycles. The van der Waals surface area contributed by atoms with Gasteiger partial charge in [-0.2, -0.15) is 0 Å². The minimum absolute atomic E-state index is 0.257. The third-order valence-corrected chi connectivity index (χ3v) is 1.02. The Balaban J connectivity index is 3.10. The van der Waals surface area contributed by atoms with E-state index in [1.165, 1.54) is 0 Å². The van der Waals surface area contributed by atoms with E-state index in [4.69, 9.17) is 0 Å². The van der Waals surface area contributed by atoms with E-state index in [1.54, 1.807) is 6.92 Å². The Morgan fingerprint density at radius 2 is 2.44 bits per heavy atom. The average Bonchev–Trinajstić information content (AvgIpc) is 1.80. The lowest BCUT2D eigenvalue weighted by molar-refractivity contribution is -0.117. The van der Waals surface area contributed by atoms with E-state index in [0.29, 0.717) is 6.42 Å². The van der Waals surface area contributed by atoms with Crippen LogP contribution in [0.1, 0.15) is 26.2 Å². The summed E-state index contributed by atoms with van der Waals surface area (Å²) < 4.78 is 0. The maximum atomic E-state index is 10.4. The normalized spacial score (nSPS) is 8.11. The van der Waals surface area contributed by atoms with Gasteiger partial charge in [0.2, 0.25) is 0 Å². The zero-order chi connectivity index (χ0) is 7.11. The molecule has 0 aromatic rings. The molecule has 0 aromatic carbocycles. The molecule has 0 radical (unpaired) electrons. The predicted molar refractivity (Wildman–Crippen MR) is 38.2 cm³/mol. The van der Waals surface area contributed by atoms with Crippen LogP contribution in [0.5, 0.6) is 0 Å². The van der Waals surface area contributed by atoms with Gasteiger partial charge < -0.3 is 4.79 Å². The molecule has 0 N–H and O–H groups in total. The van der Waals surface area contributed by atoms with Gasteiger partial charge in [0.05, 0.1) is 0 Å². The zero-order valence-corrected chi connectivity index (χ0v) is 5.81. The van der Waals surface area contributed by atoms with Gasteiger partial charge in [-0.25, -0.2) is 0 Å². The fraction of sp³-hybridized carbons (Fsp3) is 0.500. The van der Waals surface area contributed by atoms with Crippen LogP contribution in [0.25, 0.3) is 0 Å². The van der Waals surface area contributed by atoms with Crippen LogP contribution < -0.4 is 0 Å². The Kier molecular flexibility index (Phi) is 4.85. The number of carbonyl (C=O) groups excluding carboxylic acids is 1. The molecule has 0 aromatic heterocycles. The highest BCUT2D eigenvalue weighted by Gasteiger charge is 1.88. The van der Waals surface area contributed by atoms with Crippen molar-refractivity contribution < 1.29 is 4.79 Å². The van der Waals surface area contributed by atoms with Crippen molar-refractivity contribution in [1.29, 1.82) is 0 Å². The molecule has 0 saturated carbocycles. The van der Waals surface area contributed by atoms with Gasteiger partial charge in [0.1, 0.15) is 5.78 Å². The van der Waals surface area contributed by atoms with Crippen LogP contribution in [0, 0.1) is 0 Å². The first-order valence-electron chi connectivity index (χ1n) is 3.11. The number of Topliss-reactive ketones (excluding diaryl/α,β-unsaturated/α-hetero) is 1. The largest absolute Gasteiger partial charge is 0.300 e. The number of ketones is 1. The molecule has 0 unspecified atom stereocenters. The molecular formula is C8H12O. The van der Waals surface area contributed by atoms with Crippen LogP contribution in [-0.2, 0) is 4.79 Å². The Hall–Kier alpha value is -0.810. The topological polar surface area (TPSA) is 17.1 Å². The number of hydrogen-bond donors (Lipinski definition) is 0. The van der Waals surface area contributed by atoms with Crippen molar-refractivity contribution in [2.24, 2.45) is 0 Å². The number of carbonyl (C=O) groups is 1. The predicted octanol–water partition coefficient (Wildman–Crippen LogP) is 2.09. The van der Waals surface area contributed by atoms with Crippen LogP contribution in [0.3, 0.4) is 0 Å². The summed E-state index contributed by atoms with van der Waals surface area (Å²) in [6, 6.07) is 0. The molecular weight excluding hydrogens is 112 g/mol. The first-order chi connectivity index (χ1) is 4.27. The Morgan fingerprint density at radius 3 is 2.89 bits per heavy atom. The number of hydrogen-bond acceptors (Lipinski definition) is 1. The first-order valence-corrected chi connectivity index (χ1v) is 3.11. The minimum Gasteiger partial charge on any atom is -0.300 e. The van der Waals surface area contributed by atoms with Gasteiger partial charge in [-0.05, 0) is 25.8 Å². The maximum absolute atomic E-state index is 10.4. The van der Waals surface area contributed by atoms with Gasteiger partial charge in [0.25, 0.3) is 0 Å². The minimum atomic E-state index is 0.257. The third kappa shape index (κ3) is 7.19. The molecule has 1 heteroatoms. The van der Waals surface area contributed by atoms with Crippen LogP contribution in [0.2, 0.25) is 0 Å². The third-order valence-electron chi connectivity index (χ3n) is 1.02. The average molecular weight is 124 g/mol. The molecule has 0 atom stereocenters. The summed E-state index contributed by atoms with van der Waals surface area (Å²) in [5.41, 5.74) is 2.66. The summed E-state index contributed by atoms with van der Waals surface area (Å²) in [7, 11) is 0. The SMILES string of the molecule is C=C=CCCCC(C)=O. The van der Waals surface area contributed by atoms with Crippen molar-refractivity contribution in [3.05, 3.63) is 18.4 Å². The summed E-state index contributed by atoms with van der Waals surface area (Å²) in [6.45, 7) is 5.02. The van der Waals surface area contributed by atoms with E-state index in [-0.39, 0.29) is 5.78 Å². The maximum Gasteiger partial charge on any atom is 0.129 e. The van der Waals surface area contributed by atoms with Gasteiger partial charge in [-0.15, -0.1) is 5.73 Å². The second-order valence-electron chi connectivity index (χ2n) is 2.00. The lowest BCUT2D eigenvalue weighted by atomic mass is 10.2. The highest BCUT2D eigenvalue weighted by molar-refractivity contribution is 5.75. The van der Waals surface area contributed by atoms with Gasteiger partial charge >= 0.3 is 0 Å². The summed E-state index contributed by atoms with van der Waals surface area (Å²) in [5.74, 6) is 0.257. The van der Waals surface area contributed by atoms with E-state index < -0.39 is 0 Å². The molecule has 0 aliphatic rings. The first kappa shape index (κ1) is 8.19. The van der Waals surface area contributed by atoms with Crippen LogP contribution in [0.4, 0.5) is 0 Å². The molecule has 0 bridgehead atoms. The molecule has 0 heterocycles. The summed E-state index contributed by atoms with van der Waals surface area (Å²) in [4.78, 5) is 10.4. The second kappa shape index (κ2) is 5.33. The van der Waals surface area contributed by atoms with Crippen molar-refractivity contribution in [2.45, 2.75) is 26.2 Å². The molecule has 0 spiro atoms. The number of rotatable bonds is 4. The molecule has 0 aliphatic heterocycles. The Morgan fingerprint density at radius 1 is 1.78 bits per heavy atom. The van der Waals surface area contributed by atoms with Crippen LogP contribution >= 0.6 is 0 Å². The lowest BCUT2D eigenvalue weighted by Crippen LogP contribution is -1.87. The van der Waals surface area contributed by atoms with Crippen molar-refractivity contribution in [3.8, 4) is 0 Å². The summed E-state index contributed by atoms with van der Waals surface area (Å²) in [6.07, 6.45) is 4.38. The Bertz CT molecular complexity index is 128. The van der Waals surface area contributed by atoms with Gasteiger partial charge in [-0.3, -0.25) is 0 Å². The molecule has 0 saturated heterocycles. The summed E-state index contributed by atoms with van der Waals surface area (Å²) in [5, 5.41) is 0. The van der Waals surface area contributed by atoms with E-state index in [0.717, 1.165) is 12.8 Å². The zero-order valence-electron chi connectivity index (χ0n) is 5.81. The highest BCUT2D eigenvalue weighted by Crippen LogP contribution is 1.95. The molecule has 9 heavy (non-hydrogen) atoms. The van der Waals surface area contributed by atoms with E-state index in [1.807, 2.05) is 6.08 Å². The Labute approximate surface area is 56.1 Å². The van der Waals surface area contributed by atoms with E-state index in [9.17, 15) is 4.79 Å². The fourth-order valence-electron chi connectivity index (χ4n) is 0.555.